The predicted molar refractivity (Wildman–Crippen MR) is 127 cm³/mol. The van der Waals surface area contributed by atoms with Crippen LogP contribution < -0.4 is 5.32 Å². The van der Waals surface area contributed by atoms with E-state index in [2.05, 4.69) is 24.1 Å². The Morgan fingerprint density at radius 3 is 2.11 bits per heavy atom. The second kappa shape index (κ2) is 10.3. The summed E-state index contributed by atoms with van der Waals surface area (Å²) in [5.74, 6) is -2.03. The molecule has 1 atom stereocenters. The molecule has 3 fully saturated rings. The molecular formula is C24H34F3N3O5S. The quantitative estimate of drug-likeness (QED) is 0.617. The van der Waals surface area contributed by atoms with E-state index in [0.717, 1.165) is 51.0 Å². The van der Waals surface area contributed by atoms with Crippen LogP contribution in [-0.2, 0) is 19.6 Å². The van der Waals surface area contributed by atoms with Gasteiger partial charge in [0.15, 0.2) is 0 Å². The topological polar surface area (TPSA) is 107 Å². The van der Waals surface area contributed by atoms with E-state index >= 15 is 0 Å². The average Bonchev–Trinajstić information content (AvgIpc) is 3.28. The molecular weight excluding hydrogens is 499 g/mol. The first-order chi connectivity index (χ1) is 16.6. The minimum absolute atomic E-state index is 0.123. The van der Waals surface area contributed by atoms with Crippen molar-refractivity contribution in [1.29, 1.82) is 0 Å². The van der Waals surface area contributed by atoms with Gasteiger partial charge in [0.1, 0.15) is 0 Å². The maximum Gasteiger partial charge on any atom is 0.490 e. The zero-order valence-corrected chi connectivity index (χ0v) is 21.6. The number of carboxylic acid groups (broad SMARTS) is 1. The lowest BCUT2D eigenvalue weighted by Gasteiger charge is -2.46. The summed E-state index contributed by atoms with van der Waals surface area (Å²) < 4.78 is 59.6. The highest BCUT2D eigenvalue weighted by molar-refractivity contribution is 7.89. The molecule has 3 aliphatic rings. The largest absolute Gasteiger partial charge is 0.490 e. The second-order valence-electron chi connectivity index (χ2n) is 10.5. The van der Waals surface area contributed by atoms with Gasteiger partial charge in [0.05, 0.1) is 10.3 Å². The van der Waals surface area contributed by atoms with Crippen LogP contribution in [0.5, 0.6) is 0 Å². The molecule has 2 N–H and O–H groups in total. The van der Waals surface area contributed by atoms with Gasteiger partial charge in [-0.1, -0.05) is 31.5 Å². The van der Waals surface area contributed by atoms with Crippen LogP contribution in [0.2, 0.25) is 0 Å². The predicted octanol–water partition coefficient (Wildman–Crippen LogP) is 2.88. The maximum absolute atomic E-state index is 13.1. The summed E-state index contributed by atoms with van der Waals surface area (Å²) in [6.45, 7) is 10.8. The number of sulfonamides is 1. The van der Waals surface area contributed by atoms with Crippen molar-refractivity contribution in [1.82, 2.24) is 14.5 Å². The number of carboxylic acids is 1. The van der Waals surface area contributed by atoms with Crippen molar-refractivity contribution in [3.8, 4) is 0 Å². The number of piperidine rings is 1. The fourth-order valence-electron chi connectivity index (χ4n) is 5.81. The lowest BCUT2D eigenvalue weighted by atomic mass is 9.60. The first-order valence-corrected chi connectivity index (χ1v) is 13.4. The summed E-state index contributed by atoms with van der Waals surface area (Å²) in [6.07, 6.45) is -2.72. The molecule has 3 heterocycles. The van der Waals surface area contributed by atoms with Crippen LogP contribution in [0.15, 0.2) is 29.2 Å². The van der Waals surface area contributed by atoms with Gasteiger partial charge in [0, 0.05) is 44.7 Å². The zero-order valence-electron chi connectivity index (χ0n) is 20.8. The van der Waals surface area contributed by atoms with Crippen LogP contribution in [0.1, 0.15) is 38.7 Å². The van der Waals surface area contributed by atoms with Gasteiger partial charge in [0.25, 0.3) is 0 Å². The molecule has 202 valence electrons. The van der Waals surface area contributed by atoms with Crippen molar-refractivity contribution < 1.29 is 36.3 Å². The highest BCUT2D eigenvalue weighted by Crippen LogP contribution is 2.56. The Morgan fingerprint density at radius 1 is 1.11 bits per heavy atom. The van der Waals surface area contributed by atoms with Gasteiger partial charge in [-0.15, -0.1) is 0 Å². The Labute approximate surface area is 209 Å². The monoisotopic (exact) mass is 533 g/mol. The average molecular weight is 534 g/mol. The Hall–Kier alpha value is -2.18. The minimum atomic E-state index is -5.08. The third-order valence-electron chi connectivity index (χ3n) is 7.51. The molecule has 1 amide bonds. The fraction of sp³-hybridized carbons (Fsp3) is 0.667. The van der Waals surface area contributed by atoms with E-state index in [4.69, 9.17) is 9.90 Å². The molecule has 0 aromatic heterocycles. The molecule has 3 saturated heterocycles. The van der Waals surface area contributed by atoms with E-state index in [0.29, 0.717) is 23.9 Å². The number of halogens is 3. The van der Waals surface area contributed by atoms with Crippen molar-refractivity contribution in [2.24, 2.45) is 16.7 Å². The molecule has 4 rings (SSSR count). The van der Waals surface area contributed by atoms with Gasteiger partial charge >= 0.3 is 12.1 Å². The number of hydrogen-bond donors (Lipinski definition) is 2. The van der Waals surface area contributed by atoms with Gasteiger partial charge in [-0.2, -0.15) is 17.5 Å². The summed E-state index contributed by atoms with van der Waals surface area (Å²) in [5.41, 5.74) is 0.565. The van der Waals surface area contributed by atoms with Gasteiger partial charge in [-0.25, -0.2) is 13.2 Å². The number of alkyl halides is 3. The Morgan fingerprint density at radius 2 is 1.67 bits per heavy atom. The number of carbonyl (C=O) groups is 2. The number of nitrogens with one attached hydrogen (secondary N) is 1. The molecule has 0 radical (unpaired) electrons. The number of likely N-dealkylation sites (tertiary alicyclic amines) is 1. The van der Waals surface area contributed by atoms with Crippen LogP contribution in [0.3, 0.4) is 0 Å². The molecule has 12 heteroatoms. The summed E-state index contributed by atoms with van der Waals surface area (Å²) in [6, 6.07) is 7.08. The van der Waals surface area contributed by atoms with E-state index in [9.17, 15) is 26.4 Å². The van der Waals surface area contributed by atoms with Gasteiger partial charge in [-0.05, 0) is 44.2 Å². The third-order valence-corrected chi connectivity index (χ3v) is 9.42. The number of nitrogens with zero attached hydrogens (tertiary/aromatic N) is 2. The molecule has 0 bridgehead atoms. The standard InChI is InChI=1S/C22H33N3O3S.C2HF3O2/c1-17(2)14-24-15-21(22(16-24)8-11-23-20(22)26)9-12-25(13-10-21)29(27,28)19-6-4-18(3)5-7-19;3-2(4,5)1(6)7/h4-7,17H,8-16H2,1-3H3,(H,23,26);(H,6,7). The van der Waals surface area contributed by atoms with Crippen LogP contribution in [0, 0.1) is 23.7 Å². The molecule has 0 saturated carbocycles. The van der Waals surface area contributed by atoms with Crippen molar-refractivity contribution in [2.45, 2.75) is 51.1 Å². The molecule has 1 unspecified atom stereocenters. The number of amides is 1. The molecule has 1 aromatic carbocycles. The SMILES string of the molecule is Cc1ccc(S(=O)(=O)N2CCC3(CC2)CN(CC(C)C)CC32CCNC2=O)cc1.O=C(O)C(F)(F)F. The number of benzene rings is 1. The highest BCUT2D eigenvalue weighted by Gasteiger charge is 2.63. The van der Waals surface area contributed by atoms with Crippen molar-refractivity contribution in [3.05, 3.63) is 29.8 Å². The smallest absolute Gasteiger partial charge is 0.475 e. The van der Waals surface area contributed by atoms with Gasteiger partial charge in [-0.3, -0.25) is 4.79 Å². The van der Waals surface area contributed by atoms with E-state index in [-0.39, 0.29) is 16.7 Å². The summed E-state index contributed by atoms with van der Waals surface area (Å²) in [5, 5.41) is 10.2. The number of aliphatic carboxylic acids is 1. The molecule has 0 aliphatic carbocycles. The van der Waals surface area contributed by atoms with Crippen LogP contribution in [0.4, 0.5) is 13.2 Å². The summed E-state index contributed by atoms with van der Waals surface area (Å²) >= 11 is 0. The number of carbonyl (C=O) groups excluding carboxylic acids is 1. The lowest BCUT2D eigenvalue weighted by molar-refractivity contribution is -0.192. The molecule has 1 aromatic rings. The summed E-state index contributed by atoms with van der Waals surface area (Å²) in [7, 11) is -3.49. The third kappa shape index (κ3) is 5.55. The lowest BCUT2D eigenvalue weighted by Crippen LogP contribution is -2.53. The molecule has 36 heavy (non-hydrogen) atoms. The Bertz CT molecular complexity index is 1070. The first-order valence-electron chi connectivity index (χ1n) is 12.0. The second-order valence-corrected chi connectivity index (χ2v) is 12.4. The normalized spacial score (nSPS) is 24.7. The number of aryl methyl sites for hydroxylation is 1. The molecule has 3 aliphatic heterocycles. The van der Waals surface area contributed by atoms with Crippen LogP contribution >= 0.6 is 0 Å². The van der Waals surface area contributed by atoms with E-state index in [1.54, 1.807) is 16.4 Å². The molecule has 8 nitrogen and oxygen atoms in total. The van der Waals surface area contributed by atoms with Crippen molar-refractivity contribution in [2.75, 3.05) is 39.3 Å². The van der Waals surface area contributed by atoms with Gasteiger partial charge in [0.2, 0.25) is 15.9 Å². The fourth-order valence-corrected chi connectivity index (χ4v) is 7.25. The van der Waals surface area contributed by atoms with Crippen molar-refractivity contribution in [3.63, 3.8) is 0 Å². The van der Waals surface area contributed by atoms with E-state index < -0.39 is 22.2 Å². The van der Waals surface area contributed by atoms with Gasteiger partial charge < -0.3 is 15.3 Å². The minimum Gasteiger partial charge on any atom is -0.475 e. The highest BCUT2D eigenvalue weighted by atomic mass is 32.2. The van der Waals surface area contributed by atoms with Crippen molar-refractivity contribution >= 4 is 21.9 Å². The Kier molecular flexibility index (Phi) is 8.12. The Balaban J connectivity index is 0.000000454. The maximum atomic E-state index is 13.1. The van der Waals surface area contributed by atoms with E-state index in [1.165, 1.54) is 0 Å². The number of rotatable bonds is 4. The first kappa shape index (κ1) is 28.4. The summed E-state index contributed by atoms with van der Waals surface area (Å²) in [4.78, 5) is 24.7. The number of fused-ring (bicyclic) bond motifs is 1. The van der Waals surface area contributed by atoms with E-state index in [1.807, 2.05) is 19.1 Å². The van der Waals surface area contributed by atoms with Crippen LogP contribution in [0.25, 0.3) is 0 Å². The molecule has 2 spiro atoms. The van der Waals surface area contributed by atoms with Crippen LogP contribution in [-0.4, -0.2) is 80.1 Å². The zero-order chi connectivity index (χ0) is 26.9. The number of hydrogen-bond acceptors (Lipinski definition) is 5.